The van der Waals surface area contributed by atoms with Crippen molar-refractivity contribution in [3.8, 4) is 6.07 Å². The van der Waals surface area contributed by atoms with E-state index in [1.807, 2.05) is 12.1 Å². The highest BCUT2D eigenvalue weighted by Crippen LogP contribution is 2.35. The van der Waals surface area contributed by atoms with E-state index in [1.54, 1.807) is 6.07 Å². The summed E-state index contributed by atoms with van der Waals surface area (Å²) in [6.45, 7) is 1.73. The first-order valence-corrected chi connectivity index (χ1v) is 7.02. The average molecular weight is 278 g/mol. The van der Waals surface area contributed by atoms with Crippen molar-refractivity contribution in [3.63, 3.8) is 0 Å². The lowest BCUT2D eigenvalue weighted by Gasteiger charge is -2.47. The highest BCUT2D eigenvalue weighted by atomic mass is 35.5. The zero-order valence-corrected chi connectivity index (χ0v) is 12.3. The van der Waals surface area contributed by atoms with E-state index < -0.39 is 0 Å². The summed E-state index contributed by atoms with van der Waals surface area (Å²) in [4.78, 5) is 2.32. The number of nitrogens with one attached hydrogen (secondary N) is 1. The molecule has 0 saturated heterocycles. The minimum atomic E-state index is 0.319. The molecule has 1 aliphatic rings. The number of hydrogen-bond donors (Lipinski definition) is 1. The summed E-state index contributed by atoms with van der Waals surface area (Å²) in [6, 6.07) is 7.56. The van der Waals surface area contributed by atoms with Crippen molar-refractivity contribution >= 4 is 11.6 Å². The van der Waals surface area contributed by atoms with Crippen LogP contribution in [0.4, 0.5) is 0 Å². The van der Waals surface area contributed by atoms with Crippen molar-refractivity contribution < 1.29 is 0 Å². The minimum Gasteiger partial charge on any atom is -0.311 e. The van der Waals surface area contributed by atoms with Crippen LogP contribution in [0.5, 0.6) is 0 Å². The van der Waals surface area contributed by atoms with Crippen molar-refractivity contribution in [2.45, 2.75) is 31.3 Å². The van der Waals surface area contributed by atoms with Crippen LogP contribution in [0.1, 0.15) is 30.4 Å². The third kappa shape index (κ3) is 3.09. The maximum absolute atomic E-state index is 8.81. The number of nitriles is 1. The molecule has 0 amide bonds. The van der Waals surface area contributed by atoms with Gasteiger partial charge < -0.3 is 10.2 Å². The first-order valence-electron chi connectivity index (χ1n) is 6.64. The molecule has 19 heavy (non-hydrogen) atoms. The summed E-state index contributed by atoms with van der Waals surface area (Å²) < 4.78 is 0. The van der Waals surface area contributed by atoms with Crippen molar-refractivity contribution in [3.05, 3.63) is 34.3 Å². The molecule has 1 aromatic carbocycles. The standard InChI is InChI=1S/C15H20ClN3/c1-19(2)15(6-3-7-15)11-18-10-13-5-4-12(9-17)8-14(13)16/h4-5,8,18H,3,6-7,10-11H2,1-2H3. The fourth-order valence-corrected chi connectivity index (χ4v) is 2.80. The summed E-state index contributed by atoms with van der Waals surface area (Å²) in [5.41, 5.74) is 1.98. The molecule has 1 fully saturated rings. The second kappa shape index (κ2) is 5.92. The fraction of sp³-hybridized carbons (Fsp3) is 0.533. The topological polar surface area (TPSA) is 39.1 Å². The Morgan fingerprint density at radius 3 is 2.63 bits per heavy atom. The first kappa shape index (κ1) is 14.3. The molecule has 0 aromatic heterocycles. The molecule has 0 spiro atoms. The quantitative estimate of drug-likeness (QED) is 0.900. The van der Waals surface area contributed by atoms with Gasteiger partial charge in [-0.25, -0.2) is 0 Å². The third-order valence-corrected chi connectivity index (χ3v) is 4.54. The van der Waals surface area contributed by atoms with E-state index in [9.17, 15) is 0 Å². The summed E-state index contributed by atoms with van der Waals surface area (Å²) in [5.74, 6) is 0. The molecule has 0 aliphatic heterocycles. The minimum absolute atomic E-state index is 0.319. The van der Waals surface area contributed by atoms with Gasteiger partial charge >= 0.3 is 0 Å². The van der Waals surface area contributed by atoms with Crippen LogP contribution in [0.25, 0.3) is 0 Å². The van der Waals surface area contributed by atoms with E-state index in [2.05, 4.69) is 30.4 Å². The third-order valence-electron chi connectivity index (χ3n) is 4.18. The monoisotopic (exact) mass is 277 g/mol. The van der Waals surface area contributed by atoms with Gasteiger partial charge in [-0.1, -0.05) is 17.7 Å². The van der Waals surface area contributed by atoms with Gasteiger partial charge in [0.05, 0.1) is 11.6 Å². The first-order chi connectivity index (χ1) is 9.07. The Hall–Kier alpha value is -1.08. The Labute approximate surface area is 120 Å². The Morgan fingerprint density at radius 2 is 2.16 bits per heavy atom. The van der Waals surface area contributed by atoms with Crippen molar-refractivity contribution in [2.75, 3.05) is 20.6 Å². The Bertz CT molecular complexity index is 487. The maximum Gasteiger partial charge on any atom is 0.0992 e. The van der Waals surface area contributed by atoms with Gasteiger partial charge in [0.15, 0.2) is 0 Å². The average Bonchev–Trinajstić information content (AvgIpc) is 2.33. The highest BCUT2D eigenvalue weighted by molar-refractivity contribution is 6.31. The van der Waals surface area contributed by atoms with Gasteiger partial charge in [-0.2, -0.15) is 5.26 Å². The summed E-state index contributed by atoms with van der Waals surface area (Å²) >= 11 is 6.17. The zero-order valence-electron chi connectivity index (χ0n) is 11.5. The molecule has 1 saturated carbocycles. The van der Waals surface area contributed by atoms with E-state index in [0.29, 0.717) is 16.1 Å². The number of likely N-dealkylation sites (N-methyl/N-ethyl adjacent to an activating group) is 1. The number of nitrogens with zero attached hydrogens (tertiary/aromatic N) is 2. The Kier molecular flexibility index (Phi) is 4.46. The molecule has 4 heteroatoms. The molecule has 0 unspecified atom stereocenters. The molecule has 1 aliphatic carbocycles. The fourth-order valence-electron chi connectivity index (χ4n) is 2.56. The van der Waals surface area contributed by atoms with Crippen LogP contribution < -0.4 is 5.32 Å². The van der Waals surface area contributed by atoms with E-state index in [-0.39, 0.29) is 0 Å². The lowest BCUT2D eigenvalue weighted by atomic mass is 9.75. The van der Waals surface area contributed by atoms with Crippen LogP contribution in [0, 0.1) is 11.3 Å². The zero-order chi connectivity index (χ0) is 13.9. The number of hydrogen-bond acceptors (Lipinski definition) is 3. The Balaban J connectivity index is 1.91. The van der Waals surface area contributed by atoms with Crippen molar-refractivity contribution in [2.24, 2.45) is 0 Å². The predicted octanol–water partition coefficient (Wildman–Crippen LogP) is 2.79. The van der Waals surface area contributed by atoms with Crippen molar-refractivity contribution in [1.82, 2.24) is 10.2 Å². The molecule has 0 bridgehead atoms. The lowest BCUT2D eigenvalue weighted by molar-refractivity contribution is 0.0598. The number of rotatable bonds is 5. The van der Waals surface area contributed by atoms with Gasteiger partial charge in [0.1, 0.15) is 0 Å². The molecule has 2 rings (SSSR count). The Morgan fingerprint density at radius 1 is 1.42 bits per heavy atom. The van der Waals surface area contributed by atoms with Gasteiger partial charge in [0, 0.05) is 23.7 Å². The predicted molar refractivity (Wildman–Crippen MR) is 78.1 cm³/mol. The maximum atomic E-state index is 8.81. The highest BCUT2D eigenvalue weighted by Gasteiger charge is 2.38. The van der Waals surface area contributed by atoms with Crippen LogP contribution in [0.2, 0.25) is 5.02 Å². The number of halogens is 1. The van der Waals surface area contributed by atoms with Gasteiger partial charge in [-0.05, 0) is 51.1 Å². The van der Waals surface area contributed by atoms with E-state index >= 15 is 0 Å². The van der Waals surface area contributed by atoms with Gasteiger partial charge in [-0.15, -0.1) is 0 Å². The van der Waals surface area contributed by atoms with Crippen LogP contribution in [-0.2, 0) is 6.54 Å². The SMILES string of the molecule is CN(C)C1(CNCc2ccc(C#N)cc2Cl)CCC1. The van der Waals surface area contributed by atoms with Crippen LogP contribution >= 0.6 is 11.6 Å². The second-order valence-electron chi connectivity index (χ2n) is 5.49. The molecule has 102 valence electrons. The molecule has 0 atom stereocenters. The normalized spacial score (nSPS) is 17.0. The van der Waals surface area contributed by atoms with Gasteiger partial charge in [-0.3, -0.25) is 0 Å². The number of benzene rings is 1. The van der Waals surface area contributed by atoms with Gasteiger partial charge in [0.2, 0.25) is 0 Å². The summed E-state index contributed by atoms with van der Waals surface area (Å²) in [5, 5.41) is 13.0. The smallest absolute Gasteiger partial charge is 0.0992 e. The molecule has 1 N–H and O–H groups in total. The second-order valence-corrected chi connectivity index (χ2v) is 5.90. The largest absolute Gasteiger partial charge is 0.311 e. The summed E-state index contributed by atoms with van der Waals surface area (Å²) in [7, 11) is 4.30. The van der Waals surface area contributed by atoms with Crippen LogP contribution in [0.3, 0.4) is 0 Å². The molecular weight excluding hydrogens is 258 g/mol. The van der Waals surface area contributed by atoms with Crippen molar-refractivity contribution in [1.29, 1.82) is 5.26 Å². The summed E-state index contributed by atoms with van der Waals surface area (Å²) in [6.07, 6.45) is 3.83. The van der Waals surface area contributed by atoms with E-state index in [4.69, 9.17) is 16.9 Å². The van der Waals surface area contributed by atoms with E-state index in [0.717, 1.165) is 18.7 Å². The van der Waals surface area contributed by atoms with Gasteiger partial charge in [0.25, 0.3) is 0 Å². The molecule has 3 nitrogen and oxygen atoms in total. The molecule has 1 aromatic rings. The van der Waals surface area contributed by atoms with Crippen LogP contribution in [-0.4, -0.2) is 31.1 Å². The van der Waals surface area contributed by atoms with E-state index in [1.165, 1.54) is 19.3 Å². The molecule has 0 radical (unpaired) electrons. The lowest BCUT2D eigenvalue weighted by Crippen LogP contribution is -2.56. The molecule has 0 heterocycles. The molecular formula is C15H20ClN3. The van der Waals surface area contributed by atoms with Crippen LogP contribution in [0.15, 0.2) is 18.2 Å².